The maximum absolute atomic E-state index is 13.3. The zero-order chi connectivity index (χ0) is 44.4. The summed E-state index contributed by atoms with van der Waals surface area (Å²) in [7, 11) is -3.91. The van der Waals surface area contributed by atoms with E-state index in [4.69, 9.17) is 5.11 Å². The van der Waals surface area contributed by atoms with Gasteiger partial charge in [0.25, 0.3) is 0 Å². The Morgan fingerprint density at radius 1 is 0.644 bits per heavy atom. The van der Waals surface area contributed by atoms with Gasteiger partial charge in [0.1, 0.15) is 12.1 Å². The second-order valence-corrected chi connectivity index (χ2v) is 13.7. The second kappa shape index (κ2) is 20.5. The number of hydrogen-bond acceptors (Lipinski definition) is 8. The quantitative estimate of drug-likeness (QED) is 0.0707. The molecule has 0 bridgehead atoms. The molecule has 0 unspecified atom stereocenters. The van der Waals surface area contributed by atoms with E-state index < -0.39 is 135 Å². The standard InChI is InChI=1S/C21H25N3O6S.C15H4F10O3/c1-14-8-10-17(11-9-14)31(29,30)22-13-19(25)24-18(12-16-6-4-3-5-7-16)20(26)23-15(2)21(27)28;16-4-6(18)10(22)14(11(23)7(4)19)27-1-3(26)2-28-15-12(24)8(20)5(17)9(21)13(15)25/h3-11,15,18,22H,12-13H2,1-2H3,(H,23,26)(H,24,25)(H,27,28);1-2H2/t15-,18-;/m0./s1. The molecule has 0 aliphatic rings. The number of carbonyl (C=O) groups excluding carboxylic acids is 3. The van der Waals surface area contributed by atoms with Crippen LogP contribution in [0.2, 0.25) is 0 Å². The molecular formula is C36H29F10N3O9S. The van der Waals surface area contributed by atoms with Crippen molar-refractivity contribution in [2.75, 3.05) is 19.8 Å². The number of ketones is 1. The van der Waals surface area contributed by atoms with Crippen LogP contribution in [0.1, 0.15) is 18.1 Å². The van der Waals surface area contributed by atoms with Gasteiger partial charge in [-0.05, 0) is 31.5 Å². The van der Waals surface area contributed by atoms with Gasteiger partial charge in [-0.3, -0.25) is 19.2 Å². The minimum Gasteiger partial charge on any atom is -0.480 e. The maximum Gasteiger partial charge on any atom is 0.325 e. The van der Waals surface area contributed by atoms with Gasteiger partial charge in [-0.1, -0.05) is 48.0 Å². The lowest BCUT2D eigenvalue weighted by Crippen LogP contribution is -2.53. The van der Waals surface area contributed by atoms with Crippen molar-refractivity contribution in [2.45, 2.75) is 37.2 Å². The van der Waals surface area contributed by atoms with Gasteiger partial charge in [-0.25, -0.2) is 39.5 Å². The van der Waals surface area contributed by atoms with Crippen molar-refractivity contribution in [3.8, 4) is 11.5 Å². The van der Waals surface area contributed by atoms with Gasteiger partial charge in [-0.2, -0.15) is 17.6 Å². The number of sulfonamides is 1. The van der Waals surface area contributed by atoms with E-state index in [-0.39, 0.29) is 11.3 Å². The molecule has 4 N–H and O–H groups in total. The van der Waals surface area contributed by atoms with Crippen LogP contribution in [-0.2, 0) is 35.6 Å². The number of amides is 2. The van der Waals surface area contributed by atoms with Gasteiger partial charge in [0, 0.05) is 6.42 Å². The van der Waals surface area contributed by atoms with E-state index >= 15 is 0 Å². The Morgan fingerprint density at radius 2 is 1.07 bits per heavy atom. The summed E-state index contributed by atoms with van der Waals surface area (Å²) in [6.07, 6.45) is 0.107. The summed E-state index contributed by atoms with van der Waals surface area (Å²) in [5.41, 5.74) is 1.63. The number of aliphatic carboxylic acids is 1. The Labute approximate surface area is 327 Å². The number of rotatable bonds is 16. The van der Waals surface area contributed by atoms with Crippen LogP contribution in [-0.4, -0.2) is 68.9 Å². The summed E-state index contributed by atoms with van der Waals surface area (Å²) >= 11 is 0. The molecular weight excluding hydrogens is 840 g/mol. The third-order valence-corrected chi connectivity index (χ3v) is 8.93. The average Bonchev–Trinajstić information content (AvgIpc) is 3.20. The molecule has 59 heavy (non-hydrogen) atoms. The molecule has 318 valence electrons. The summed E-state index contributed by atoms with van der Waals surface area (Å²) in [5, 5.41) is 13.8. The fourth-order valence-corrected chi connectivity index (χ4v) is 5.39. The molecule has 2 atom stereocenters. The van der Waals surface area contributed by atoms with Crippen LogP contribution in [0.25, 0.3) is 0 Å². The van der Waals surface area contributed by atoms with Gasteiger partial charge in [0.05, 0.1) is 11.4 Å². The van der Waals surface area contributed by atoms with Crippen LogP contribution in [0.5, 0.6) is 11.5 Å². The Kier molecular flexibility index (Phi) is 16.3. The smallest absolute Gasteiger partial charge is 0.325 e. The Balaban J connectivity index is 0.000000317. The van der Waals surface area contributed by atoms with Crippen LogP contribution in [0.3, 0.4) is 0 Å². The van der Waals surface area contributed by atoms with Gasteiger partial charge >= 0.3 is 5.97 Å². The Bertz CT molecular complexity index is 2190. The number of carboxylic acids is 1. The molecule has 0 aliphatic heterocycles. The number of halogens is 10. The monoisotopic (exact) mass is 869 g/mol. The number of aryl methyl sites for hydroxylation is 1. The number of carboxylic acid groups (broad SMARTS) is 1. The molecule has 0 aliphatic carbocycles. The predicted octanol–water partition coefficient (Wildman–Crippen LogP) is 4.69. The third kappa shape index (κ3) is 12.4. The first kappa shape index (κ1) is 47.1. The van der Waals surface area contributed by atoms with Crippen LogP contribution in [0.4, 0.5) is 43.9 Å². The highest BCUT2D eigenvalue weighted by Gasteiger charge is 2.30. The zero-order valence-corrected chi connectivity index (χ0v) is 30.9. The van der Waals surface area contributed by atoms with E-state index in [2.05, 4.69) is 24.8 Å². The van der Waals surface area contributed by atoms with E-state index in [9.17, 15) is 71.5 Å². The Morgan fingerprint density at radius 3 is 1.49 bits per heavy atom. The van der Waals surface area contributed by atoms with Gasteiger partial charge in [0.15, 0.2) is 24.7 Å². The highest BCUT2D eigenvalue weighted by Crippen LogP contribution is 2.30. The van der Waals surface area contributed by atoms with Crippen molar-refractivity contribution >= 4 is 33.6 Å². The largest absolute Gasteiger partial charge is 0.480 e. The van der Waals surface area contributed by atoms with E-state index in [1.807, 2.05) is 6.92 Å². The lowest BCUT2D eigenvalue weighted by molar-refractivity contribution is -0.141. The number of nitrogens with one attached hydrogen (secondary N) is 3. The molecule has 0 saturated carbocycles. The molecule has 12 nitrogen and oxygen atoms in total. The average molecular weight is 870 g/mol. The lowest BCUT2D eigenvalue weighted by Gasteiger charge is -2.20. The van der Waals surface area contributed by atoms with Crippen LogP contribution in [0, 0.1) is 65.1 Å². The van der Waals surface area contributed by atoms with Crippen molar-refractivity contribution in [3.63, 3.8) is 0 Å². The van der Waals surface area contributed by atoms with Crippen molar-refractivity contribution in [3.05, 3.63) is 124 Å². The highest BCUT2D eigenvalue weighted by molar-refractivity contribution is 7.89. The highest BCUT2D eigenvalue weighted by atomic mass is 32.2. The molecule has 0 saturated heterocycles. The lowest BCUT2D eigenvalue weighted by atomic mass is 10.0. The molecule has 0 aromatic heterocycles. The first-order chi connectivity index (χ1) is 27.6. The molecule has 0 fully saturated rings. The Hall–Kier alpha value is -6.23. The minimum absolute atomic E-state index is 0.0137. The normalized spacial score (nSPS) is 12.1. The number of benzene rings is 4. The predicted molar refractivity (Wildman–Crippen MR) is 182 cm³/mol. The molecule has 0 spiro atoms. The molecule has 23 heteroatoms. The molecule has 0 heterocycles. The molecule has 4 aromatic carbocycles. The fourth-order valence-electron chi connectivity index (χ4n) is 4.41. The topological polar surface area (TPSA) is 177 Å². The SMILES string of the molecule is Cc1ccc(S(=O)(=O)NCC(=O)N[C@@H](Cc2ccccc2)C(=O)N[C@@H](C)C(=O)O)cc1.O=C(COc1c(F)c(F)c(F)c(F)c1F)COc1c(F)c(F)c(F)c(F)c1F. The molecule has 4 aromatic rings. The number of hydrogen-bond donors (Lipinski definition) is 4. The molecule has 4 rings (SSSR count). The summed E-state index contributed by atoms with van der Waals surface area (Å²) in [5.74, 6) is -31.7. The number of ether oxygens (including phenoxy) is 2. The summed E-state index contributed by atoms with van der Waals surface area (Å²) in [6.45, 7) is -0.303. The molecule has 0 radical (unpaired) electrons. The van der Waals surface area contributed by atoms with E-state index in [1.165, 1.54) is 19.1 Å². The first-order valence-electron chi connectivity index (χ1n) is 16.3. The van der Waals surface area contributed by atoms with Crippen LogP contribution < -0.4 is 24.8 Å². The third-order valence-electron chi connectivity index (χ3n) is 7.51. The van der Waals surface area contributed by atoms with Crippen molar-refractivity contribution in [1.29, 1.82) is 0 Å². The number of Topliss-reactive ketones (excluding diaryl/α,β-unsaturated/α-hetero) is 1. The van der Waals surface area contributed by atoms with E-state index in [0.717, 1.165) is 11.1 Å². The van der Waals surface area contributed by atoms with Crippen LogP contribution in [0.15, 0.2) is 59.5 Å². The van der Waals surface area contributed by atoms with Gasteiger partial charge < -0.3 is 25.2 Å². The van der Waals surface area contributed by atoms with Gasteiger partial charge in [-0.15, -0.1) is 0 Å². The fraction of sp³-hybridized carbons (Fsp3) is 0.222. The second-order valence-electron chi connectivity index (χ2n) is 11.9. The van der Waals surface area contributed by atoms with Crippen molar-refractivity contribution < 1.29 is 86.1 Å². The van der Waals surface area contributed by atoms with E-state index in [0.29, 0.717) is 0 Å². The van der Waals surface area contributed by atoms with Crippen LogP contribution >= 0.6 is 0 Å². The summed E-state index contributed by atoms with van der Waals surface area (Å²) in [4.78, 5) is 47.4. The summed E-state index contributed by atoms with van der Waals surface area (Å²) in [6, 6.07) is 12.7. The minimum atomic E-state index is -3.91. The van der Waals surface area contributed by atoms with Gasteiger partial charge in [0.2, 0.25) is 85.8 Å². The first-order valence-corrected chi connectivity index (χ1v) is 17.8. The van der Waals surface area contributed by atoms with Crippen molar-refractivity contribution in [1.82, 2.24) is 15.4 Å². The molecule has 2 amide bonds. The maximum atomic E-state index is 13.3. The van der Waals surface area contributed by atoms with Crippen molar-refractivity contribution in [2.24, 2.45) is 0 Å². The summed E-state index contributed by atoms with van der Waals surface area (Å²) < 4.78 is 166. The van der Waals surface area contributed by atoms with E-state index in [1.54, 1.807) is 42.5 Å². The number of carbonyl (C=O) groups is 4. The zero-order valence-electron chi connectivity index (χ0n) is 30.1.